The predicted octanol–water partition coefficient (Wildman–Crippen LogP) is 1.86. The van der Waals surface area contributed by atoms with Gasteiger partial charge in [0.2, 0.25) is 5.91 Å². The lowest BCUT2D eigenvalue weighted by Crippen LogP contribution is -2.58. The predicted molar refractivity (Wildman–Crippen MR) is 67.8 cm³/mol. The number of amides is 1. The zero-order chi connectivity index (χ0) is 10.9. The smallest absolute Gasteiger partial charge is 0.237 e. The van der Waals surface area contributed by atoms with Crippen LogP contribution in [0.5, 0.6) is 0 Å². The molecule has 0 aromatic rings. The summed E-state index contributed by atoms with van der Waals surface area (Å²) in [6.07, 6.45) is 5.75. The standard InChI is InChI=1S/C12H22N2O.ClH/c1-9-3-6-12(2,7-4-9)14-11(15)10-5-8-13-10;/h9-10,13H,3-8H2,1-2H3,(H,14,15);1H/t9?,10-,12?;/m1./s1. The number of halogens is 1. The van der Waals surface area contributed by atoms with Crippen molar-refractivity contribution in [3.05, 3.63) is 0 Å². The van der Waals surface area contributed by atoms with Gasteiger partial charge in [0.25, 0.3) is 0 Å². The Morgan fingerprint density at radius 1 is 1.31 bits per heavy atom. The molecule has 0 radical (unpaired) electrons. The summed E-state index contributed by atoms with van der Waals surface area (Å²) in [5.74, 6) is 1.04. The van der Waals surface area contributed by atoms with Crippen LogP contribution >= 0.6 is 12.4 Å². The summed E-state index contributed by atoms with van der Waals surface area (Å²) in [6.45, 7) is 5.48. The number of carbonyl (C=O) groups excluding carboxylic acids is 1. The van der Waals surface area contributed by atoms with Gasteiger partial charge in [0.1, 0.15) is 0 Å². The SMILES string of the molecule is CC1CCC(C)(NC(=O)[C@H]2CCN2)CC1.Cl. The lowest BCUT2D eigenvalue weighted by molar-refractivity contribution is -0.127. The van der Waals surface area contributed by atoms with Crippen LogP contribution in [0.3, 0.4) is 0 Å². The van der Waals surface area contributed by atoms with Crippen molar-refractivity contribution in [2.45, 2.75) is 57.5 Å². The summed E-state index contributed by atoms with van der Waals surface area (Å²) < 4.78 is 0. The van der Waals surface area contributed by atoms with Crippen LogP contribution < -0.4 is 10.6 Å². The van der Waals surface area contributed by atoms with Gasteiger partial charge in [-0.05, 0) is 51.5 Å². The molecule has 0 aromatic heterocycles. The van der Waals surface area contributed by atoms with E-state index >= 15 is 0 Å². The van der Waals surface area contributed by atoms with Crippen molar-refractivity contribution < 1.29 is 4.79 Å². The van der Waals surface area contributed by atoms with E-state index in [-0.39, 0.29) is 29.9 Å². The van der Waals surface area contributed by atoms with Crippen LogP contribution in [0.4, 0.5) is 0 Å². The average molecular weight is 247 g/mol. The lowest BCUT2D eigenvalue weighted by atomic mass is 9.78. The third kappa shape index (κ3) is 3.11. The summed E-state index contributed by atoms with van der Waals surface area (Å²) in [4.78, 5) is 11.8. The highest BCUT2D eigenvalue weighted by atomic mass is 35.5. The third-order valence-corrected chi connectivity index (χ3v) is 3.94. The maximum atomic E-state index is 11.8. The highest BCUT2D eigenvalue weighted by Gasteiger charge is 2.34. The van der Waals surface area contributed by atoms with Crippen LogP contribution in [0.2, 0.25) is 0 Å². The number of hydrogen-bond acceptors (Lipinski definition) is 2. The van der Waals surface area contributed by atoms with E-state index < -0.39 is 0 Å². The molecule has 2 rings (SSSR count). The fourth-order valence-corrected chi connectivity index (χ4v) is 2.42. The van der Waals surface area contributed by atoms with Crippen LogP contribution in [0, 0.1) is 5.92 Å². The Bertz CT molecular complexity index is 245. The van der Waals surface area contributed by atoms with Gasteiger partial charge in [-0.1, -0.05) is 6.92 Å². The first-order valence-electron chi connectivity index (χ1n) is 6.14. The molecule has 3 nitrogen and oxygen atoms in total. The van der Waals surface area contributed by atoms with Crippen molar-refractivity contribution in [2.75, 3.05) is 6.54 Å². The highest BCUT2D eigenvalue weighted by Crippen LogP contribution is 2.31. The second kappa shape index (κ2) is 5.37. The molecule has 1 aliphatic heterocycles. The van der Waals surface area contributed by atoms with Gasteiger partial charge in [0.15, 0.2) is 0 Å². The number of carbonyl (C=O) groups is 1. The molecule has 1 saturated carbocycles. The number of nitrogens with one attached hydrogen (secondary N) is 2. The van der Waals surface area contributed by atoms with E-state index in [0.717, 1.165) is 31.7 Å². The summed E-state index contributed by atoms with van der Waals surface area (Å²) in [5, 5.41) is 6.37. The van der Waals surface area contributed by atoms with Gasteiger partial charge in [-0.15, -0.1) is 12.4 Å². The molecule has 4 heteroatoms. The topological polar surface area (TPSA) is 41.1 Å². The quantitative estimate of drug-likeness (QED) is 0.781. The summed E-state index contributed by atoms with van der Waals surface area (Å²) in [6, 6.07) is 0.0844. The molecule has 1 amide bonds. The second-order valence-electron chi connectivity index (χ2n) is 5.53. The lowest BCUT2D eigenvalue weighted by Gasteiger charge is -2.39. The molecule has 2 fully saturated rings. The number of rotatable bonds is 2. The van der Waals surface area contributed by atoms with E-state index in [4.69, 9.17) is 0 Å². The van der Waals surface area contributed by atoms with Gasteiger partial charge >= 0.3 is 0 Å². The molecule has 1 saturated heterocycles. The van der Waals surface area contributed by atoms with Gasteiger partial charge in [-0.2, -0.15) is 0 Å². The van der Waals surface area contributed by atoms with Crippen LogP contribution in [0.1, 0.15) is 46.0 Å². The fraction of sp³-hybridized carbons (Fsp3) is 0.917. The molecular weight excluding hydrogens is 224 g/mol. The first-order valence-corrected chi connectivity index (χ1v) is 6.14. The molecule has 1 atom stereocenters. The molecule has 2 N–H and O–H groups in total. The van der Waals surface area contributed by atoms with E-state index in [0.29, 0.717) is 0 Å². The van der Waals surface area contributed by atoms with Crippen molar-refractivity contribution in [1.82, 2.24) is 10.6 Å². The molecule has 1 heterocycles. The Balaban J connectivity index is 0.00000128. The second-order valence-corrected chi connectivity index (χ2v) is 5.53. The van der Waals surface area contributed by atoms with Crippen LogP contribution in [-0.2, 0) is 4.79 Å². The molecule has 0 unspecified atom stereocenters. The molecule has 0 bridgehead atoms. The van der Waals surface area contributed by atoms with Gasteiger partial charge < -0.3 is 10.6 Å². The van der Waals surface area contributed by atoms with E-state index in [1.807, 2.05) is 0 Å². The number of hydrogen-bond donors (Lipinski definition) is 2. The maximum Gasteiger partial charge on any atom is 0.237 e. The monoisotopic (exact) mass is 246 g/mol. The molecule has 16 heavy (non-hydrogen) atoms. The van der Waals surface area contributed by atoms with Crippen molar-refractivity contribution in [1.29, 1.82) is 0 Å². The van der Waals surface area contributed by atoms with Crippen LogP contribution in [-0.4, -0.2) is 24.0 Å². The van der Waals surface area contributed by atoms with Crippen molar-refractivity contribution >= 4 is 18.3 Å². The van der Waals surface area contributed by atoms with Crippen LogP contribution in [0.15, 0.2) is 0 Å². The van der Waals surface area contributed by atoms with E-state index in [1.54, 1.807) is 0 Å². The minimum atomic E-state index is 0. The van der Waals surface area contributed by atoms with Gasteiger partial charge in [0, 0.05) is 5.54 Å². The van der Waals surface area contributed by atoms with E-state index in [2.05, 4.69) is 24.5 Å². The van der Waals surface area contributed by atoms with Gasteiger partial charge in [-0.3, -0.25) is 4.79 Å². The van der Waals surface area contributed by atoms with E-state index in [1.165, 1.54) is 12.8 Å². The van der Waals surface area contributed by atoms with Crippen molar-refractivity contribution in [3.63, 3.8) is 0 Å². The zero-order valence-corrected chi connectivity index (χ0v) is 11.0. The third-order valence-electron chi connectivity index (χ3n) is 3.94. The first kappa shape index (κ1) is 13.8. The Hall–Kier alpha value is -0.280. The molecule has 0 aromatic carbocycles. The Kier molecular flexibility index (Phi) is 4.62. The molecule has 0 spiro atoms. The van der Waals surface area contributed by atoms with Crippen molar-refractivity contribution in [2.24, 2.45) is 5.92 Å². The van der Waals surface area contributed by atoms with Crippen molar-refractivity contribution in [3.8, 4) is 0 Å². The first-order chi connectivity index (χ1) is 7.09. The normalized spacial score (nSPS) is 38.1. The van der Waals surface area contributed by atoms with Crippen LogP contribution in [0.25, 0.3) is 0 Å². The summed E-state index contributed by atoms with van der Waals surface area (Å²) >= 11 is 0. The molecule has 1 aliphatic carbocycles. The van der Waals surface area contributed by atoms with Gasteiger partial charge in [0.05, 0.1) is 6.04 Å². The Labute approximate surface area is 104 Å². The molecule has 2 aliphatic rings. The fourth-order valence-electron chi connectivity index (χ4n) is 2.42. The van der Waals surface area contributed by atoms with Gasteiger partial charge in [-0.25, -0.2) is 0 Å². The Morgan fingerprint density at radius 3 is 2.31 bits per heavy atom. The summed E-state index contributed by atoms with van der Waals surface area (Å²) in [5.41, 5.74) is 0.0564. The largest absolute Gasteiger partial charge is 0.350 e. The average Bonchev–Trinajstić information content (AvgIpc) is 2.07. The minimum absolute atomic E-state index is 0. The highest BCUT2D eigenvalue weighted by molar-refractivity contribution is 5.85. The molecular formula is C12H23ClN2O. The van der Waals surface area contributed by atoms with E-state index in [9.17, 15) is 4.79 Å². The minimum Gasteiger partial charge on any atom is -0.350 e. The maximum absolute atomic E-state index is 11.8. The summed E-state index contributed by atoms with van der Waals surface area (Å²) in [7, 11) is 0. The Morgan fingerprint density at radius 2 is 1.88 bits per heavy atom. The zero-order valence-electron chi connectivity index (χ0n) is 10.2. The molecule has 94 valence electrons.